The summed E-state index contributed by atoms with van der Waals surface area (Å²) < 4.78 is 0. The quantitative estimate of drug-likeness (QED) is 0.666. The van der Waals surface area contributed by atoms with Crippen LogP contribution >= 0.6 is 0 Å². The zero-order valence-electron chi connectivity index (χ0n) is 12.1. The van der Waals surface area contributed by atoms with Crippen molar-refractivity contribution in [2.45, 2.75) is 26.7 Å². The van der Waals surface area contributed by atoms with Crippen LogP contribution in [0, 0.1) is 6.92 Å². The molecule has 0 spiro atoms. The third kappa shape index (κ3) is 2.57. The molecule has 0 atom stereocenters. The average molecular weight is 261 g/mol. The van der Waals surface area contributed by atoms with Crippen molar-refractivity contribution in [2.24, 2.45) is 0 Å². The van der Waals surface area contributed by atoms with Crippen LogP contribution in [0.5, 0.6) is 0 Å². The molecule has 3 aromatic rings. The van der Waals surface area contributed by atoms with Crippen molar-refractivity contribution in [3.05, 3.63) is 77.0 Å². The van der Waals surface area contributed by atoms with Crippen LogP contribution in [0.25, 0.3) is 10.9 Å². The summed E-state index contributed by atoms with van der Waals surface area (Å²) in [4.78, 5) is 4.69. The lowest BCUT2D eigenvalue weighted by Crippen LogP contribution is -1.94. The molecule has 0 bridgehead atoms. The molecule has 1 aromatic heterocycles. The Morgan fingerprint density at radius 3 is 2.45 bits per heavy atom. The van der Waals surface area contributed by atoms with E-state index in [1.54, 1.807) is 0 Å². The third-order valence-electron chi connectivity index (χ3n) is 3.81. The summed E-state index contributed by atoms with van der Waals surface area (Å²) in [5.74, 6) is 0. The molecule has 0 aliphatic heterocycles. The zero-order valence-corrected chi connectivity index (χ0v) is 12.1. The minimum absolute atomic E-state index is 0.978. The van der Waals surface area contributed by atoms with Crippen molar-refractivity contribution in [3.63, 3.8) is 0 Å². The van der Waals surface area contributed by atoms with Crippen LogP contribution in [-0.2, 0) is 12.8 Å². The van der Waals surface area contributed by atoms with Crippen LogP contribution in [0.15, 0.2) is 54.6 Å². The fourth-order valence-corrected chi connectivity index (χ4v) is 2.67. The number of rotatable bonds is 3. The van der Waals surface area contributed by atoms with E-state index in [-0.39, 0.29) is 0 Å². The lowest BCUT2D eigenvalue weighted by Gasteiger charge is -2.07. The third-order valence-corrected chi connectivity index (χ3v) is 3.81. The number of nitrogens with zero attached hydrogens (tertiary/aromatic N) is 1. The van der Waals surface area contributed by atoms with Gasteiger partial charge in [0.2, 0.25) is 0 Å². The second-order valence-corrected chi connectivity index (χ2v) is 5.28. The van der Waals surface area contributed by atoms with E-state index in [9.17, 15) is 0 Å². The van der Waals surface area contributed by atoms with E-state index in [2.05, 4.69) is 68.4 Å². The van der Waals surface area contributed by atoms with E-state index in [0.717, 1.165) is 24.1 Å². The molecule has 100 valence electrons. The molecule has 0 aliphatic rings. The van der Waals surface area contributed by atoms with Crippen LogP contribution in [0.2, 0.25) is 0 Å². The largest absolute Gasteiger partial charge is 0.253 e. The van der Waals surface area contributed by atoms with Gasteiger partial charge in [-0.05, 0) is 54.7 Å². The molecule has 0 aliphatic carbocycles. The van der Waals surface area contributed by atoms with E-state index in [4.69, 9.17) is 4.98 Å². The smallest absolute Gasteiger partial charge is 0.0705 e. The lowest BCUT2D eigenvalue weighted by molar-refractivity contribution is 1.07. The Balaban J connectivity index is 1.99. The Kier molecular flexibility index (Phi) is 3.51. The van der Waals surface area contributed by atoms with Gasteiger partial charge in [-0.15, -0.1) is 0 Å². The van der Waals surface area contributed by atoms with Crippen LogP contribution in [0.3, 0.4) is 0 Å². The van der Waals surface area contributed by atoms with Gasteiger partial charge >= 0.3 is 0 Å². The number of aromatic nitrogens is 1. The molecule has 0 saturated heterocycles. The van der Waals surface area contributed by atoms with Gasteiger partial charge in [0, 0.05) is 11.1 Å². The van der Waals surface area contributed by atoms with E-state index < -0.39 is 0 Å². The highest BCUT2D eigenvalue weighted by atomic mass is 14.7. The van der Waals surface area contributed by atoms with Crippen molar-refractivity contribution >= 4 is 10.9 Å². The van der Waals surface area contributed by atoms with Gasteiger partial charge in [0.25, 0.3) is 0 Å². The fourth-order valence-electron chi connectivity index (χ4n) is 2.67. The van der Waals surface area contributed by atoms with Gasteiger partial charge in [-0.3, -0.25) is 4.98 Å². The van der Waals surface area contributed by atoms with Crippen LogP contribution in [0.1, 0.15) is 29.3 Å². The maximum atomic E-state index is 4.69. The highest BCUT2D eigenvalue weighted by Gasteiger charge is 2.03. The standard InChI is InChI=1S/C19H19N/c1-3-17-13-18-12-16(9-10-19(18)20-14(17)2)11-15-7-5-4-6-8-15/h4-10,12-13H,3,11H2,1-2H3. The van der Waals surface area contributed by atoms with Crippen molar-refractivity contribution in [2.75, 3.05) is 0 Å². The summed E-state index contributed by atoms with van der Waals surface area (Å²) in [7, 11) is 0. The number of fused-ring (bicyclic) bond motifs is 1. The molecule has 1 heterocycles. The number of pyridine rings is 1. The highest BCUT2D eigenvalue weighted by Crippen LogP contribution is 2.20. The normalized spacial score (nSPS) is 10.9. The second-order valence-electron chi connectivity index (χ2n) is 5.28. The summed E-state index contributed by atoms with van der Waals surface area (Å²) in [5, 5.41) is 1.25. The molecular formula is C19H19N. The lowest BCUT2D eigenvalue weighted by atomic mass is 10.0. The van der Waals surface area contributed by atoms with E-state index >= 15 is 0 Å². The first-order valence-electron chi connectivity index (χ1n) is 7.19. The SMILES string of the molecule is CCc1cc2cc(Cc3ccccc3)ccc2nc1C. The van der Waals surface area contributed by atoms with Gasteiger partial charge < -0.3 is 0 Å². The van der Waals surface area contributed by atoms with Gasteiger partial charge in [0.05, 0.1) is 5.52 Å². The van der Waals surface area contributed by atoms with Crippen molar-refractivity contribution in [1.82, 2.24) is 4.98 Å². The number of benzene rings is 2. The highest BCUT2D eigenvalue weighted by molar-refractivity contribution is 5.80. The van der Waals surface area contributed by atoms with Crippen LogP contribution in [0.4, 0.5) is 0 Å². The number of hydrogen-bond acceptors (Lipinski definition) is 1. The zero-order chi connectivity index (χ0) is 13.9. The summed E-state index contributed by atoms with van der Waals surface area (Å²) >= 11 is 0. The Morgan fingerprint density at radius 2 is 1.70 bits per heavy atom. The Hall–Kier alpha value is -2.15. The Labute approximate surface area is 120 Å². The van der Waals surface area contributed by atoms with Crippen LogP contribution in [-0.4, -0.2) is 4.98 Å². The molecular weight excluding hydrogens is 242 g/mol. The topological polar surface area (TPSA) is 12.9 Å². The number of aryl methyl sites for hydroxylation is 2. The molecule has 0 saturated carbocycles. The molecule has 0 fully saturated rings. The summed E-state index contributed by atoms with van der Waals surface area (Å²) in [5.41, 5.74) is 6.28. The summed E-state index contributed by atoms with van der Waals surface area (Å²) in [6.07, 6.45) is 2.02. The number of hydrogen-bond donors (Lipinski definition) is 0. The minimum atomic E-state index is 0.978. The first-order valence-corrected chi connectivity index (χ1v) is 7.19. The molecule has 0 unspecified atom stereocenters. The minimum Gasteiger partial charge on any atom is -0.253 e. The summed E-state index contributed by atoms with van der Waals surface area (Å²) in [6.45, 7) is 4.28. The van der Waals surface area contributed by atoms with Gasteiger partial charge in [-0.2, -0.15) is 0 Å². The maximum Gasteiger partial charge on any atom is 0.0705 e. The molecule has 2 aromatic carbocycles. The molecule has 0 radical (unpaired) electrons. The first-order chi connectivity index (χ1) is 9.76. The van der Waals surface area contributed by atoms with Crippen molar-refractivity contribution < 1.29 is 0 Å². The predicted molar refractivity (Wildman–Crippen MR) is 85.1 cm³/mol. The molecule has 0 amide bonds. The predicted octanol–water partition coefficient (Wildman–Crippen LogP) is 4.70. The van der Waals surface area contributed by atoms with Gasteiger partial charge in [-0.25, -0.2) is 0 Å². The molecule has 20 heavy (non-hydrogen) atoms. The maximum absolute atomic E-state index is 4.69. The second kappa shape index (κ2) is 5.46. The Bertz CT molecular complexity index is 729. The van der Waals surface area contributed by atoms with E-state index in [0.29, 0.717) is 0 Å². The van der Waals surface area contributed by atoms with E-state index in [1.165, 1.54) is 22.1 Å². The van der Waals surface area contributed by atoms with Crippen molar-refractivity contribution in [3.8, 4) is 0 Å². The van der Waals surface area contributed by atoms with Gasteiger partial charge in [0.15, 0.2) is 0 Å². The fraction of sp³-hybridized carbons (Fsp3) is 0.211. The van der Waals surface area contributed by atoms with E-state index in [1.807, 2.05) is 0 Å². The van der Waals surface area contributed by atoms with Crippen molar-refractivity contribution in [1.29, 1.82) is 0 Å². The average Bonchev–Trinajstić information content (AvgIpc) is 2.48. The van der Waals surface area contributed by atoms with Gasteiger partial charge in [0.1, 0.15) is 0 Å². The van der Waals surface area contributed by atoms with Crippen LogP contribution < -0.4 is 0 Å². The molecule has 1 heteroatoms. The summed E-state index contributed by atoms with van der Waals surface area (Å²) in [6, 6.07) is 19.5. The molecule has 3 rings (SSSR count). The molecule has 0 N–H and O–H groups in total. The Morgan fingerprint density at radius 1 is 0.900 bits per heavy atom. The first kappa shape index (κ1) is 12.9. The molecule has 1 nitrogen and oxygen atoms in total. The van der Waals surface area contributed by atoms with Gasteiger partial charge in [-0.1, -0.05) is 43.3 Å². The monoisotopic (exact) mass is 261 g/mol.